The molecule has 0 aliphatic carbocycles. The Bertz CT molecular complexity index is 1380. The molecule has 206 valence electrons. The zero-order chi connectivity index (χ0) is 28.3. The average Bonchev–Trinajstić information content (AvgIpc) is 2.97. The lowest BCUT2D eigenvalue weighted by molar-refractivity contribution is -0.112. The molecule has 4 rings (SSSR count). The molecule has 40 heavy (non-hydrogen) atoms. The third-order valence-corrected chi connectivity index (χ3v) is 6.34. The number of amidine groups is 1. The fourth-order valence-electron chi connectivity index (χ4n) is 4.12. The van der Waals surface area contributed by atoms with Crippen LogP contribution in [0.4, 0.5) is 17.2 Å². The standard InChI is InChI=1S/C30H32N6O4/c1-21(32-20-33-22(2)34-25-8-4-3-5-9-25)29(37)35-26-11-12-28(31-18-26)36-15-13-23(14-16-36)19-40-27-10-6-7-24(17-27)30(38)39/h3-12,17-18,20,23H,1,13-16,19H2,2H3,(H,35,37)(H,38,39)(H,32,33,34). The maximum Gasteiger partial charge on any atom is 0.335 e. The number of anilines is 3. The van der Waals surface area contributed by atoms with E-state index in [-0.39, 0.29) is 11.3 Å². The van der Waals surface area contributed by atoms with Crippen LogP contribution in [0.25, 0.3) is 0 Å². The van der Waals surface area contributed by atoms with Crippen LogP contribution in [0.15, 0.2) is 95.2 Å². The van der Waals surface area contributed by atoms with E-state index in [0.29, 0.717) is 29.8 Å². The summed E-state index contributed by atoms with van der Waals surface area (Å²) in [5, 5.41) is 15.0. The summed E-state index contributed by atoms with van der Waals surface area (Å²) < 4.78 is 5.84. The molecule has 1 fully saturated rings. The van der Waals surface area contributed by atoms with Crippen LogP contribution in [0, 0.1) is 5.92 Å². The van der Waals surface area contributed by atoms with E-state index in [1.807, 2.05) is 36.4 Å². The lowest BCUT2D eigenvalue weighted by Gasteiger charge is -2.32. The Kier molecular flexibility index (Phi) is 9.60. The first-order valence-corrected chi connectivity index (χ1v) is 12.9. The molecule has 1 aromatic heterocycles. The molecule has 0 atom stereocenters. The molecule has 10 heteroatoms. The Balaban J connectivity index is 1.20. The van der Waals surface area contributed by atoms with Crippen LogP contribution in [0.3, 0.4) is 0 Å². The molecule has 10 nitrogen and oxygen atoms in total. The monoisotopic (exact) mass is 540 g/mol. The summed E-state index contributed by atoms with van der Waals surface area (Å²) in [5.41, 5.74) is 1.69. The Hall–Kier alpha value is -4.99. The second-order valence-corrected chi connectivity index (χ2v) is 9.33. The molecule has 3 N–H and O–H groups in total. The fraction of sp³-hybridized carbons (Fsp3) is 0.233. The van der Waals surface area contributed by atoms with Crippen molar-refractivity contribution in [2.24, 2.45) is 15.9 Å². The number of nitrogens with one attached hydrogen (secondary N) is 2. The van der Waals surface area contributed by atoms with Gasteiger partial charge in [-0.15, -0.1) is 0 Å². The highest BCUT2D eigenvalue weighted by molar-refractivity contribution is 6.04. The van der Waals surface area contributed by atoms with Crippen molar-refractivity contribution in [2.75, 3.05) is 35.2 Å². The minimum absolute atomic E-state index is 0.0271. The number of benzene rings is 2. The summed E-state index contributed by atoms with van der Waals surface area (Å²) >= 11 is 0. The lowest BCUT2D eigenvalue weighted by Crippen LogP contribution is -2.36. The van der Waals surface area contributed by atoms with Gasteiger partial charge in [-0.2, -0.15) is 0 Å². The summed E-state index contributed by atoms with van der Waals surface area (Å²) in [6.07, 6.45) is 4.76. The highest BCUT2D eigenvalue weighted by atomic mass is 16.5. The number of carbonyl (C=O) groups is 2. The Morgan fingerprint density at radius 3 is 2.55 bits per heavy atom. The molecular formula is C30H32N6O4. The van der Waals surface area contributed by atoms with Crippen molar-refractivity contribution >= 4 is 41.2 Å². The van der Waals surface area contributed by atoms with Gasteiger partial charge in [0.25, 0.3) is 5.91 Å². The molecule has 0 spiro atoms. The van der Waals surface area contributed by atoms with Crippen molar-refractivity contribution in [3.05, 3.63) is 90.8 Å². The molecule has 3 aromatic rings. The van der Waals surface area contributed by atoms with Gasteiger partial charge in [0.2, 0.25) is 0 Å². The smallest absolute Gasteiger partial charge is 0.335 e. The summed E-state index contributed by atoms with van der Waals surface area (Å²) in [5.74, 6) is 0.992. The van der Waals surface area contributed by atoms with E-state index in [4.69, 9.17) is 9.84 Å². The molecule has 2 heterocycles. The first-order valence-electron chi connectivity index (χ1n) is 12.9. The van der Waals surface area contributed by atoms with E-state index < -0.39 is 11.9 Å². The topological polar surface area (TPSA) is 129 Å². The van der Waals surface area contributed by atoms with E-state index in [0.717, 1.165) is 37.4 Å². The zero-order valence-electron chi connectivity index (χ0n) is 22.3. The maximum atomic E-state index is 12.5. The maximum absolute atomic E-state index is 12.5. The van der Waals surface area contributed by atoms with Crippen LogP contribution in [0.1, 0.15) is 30.1 Å². The highest BCUT2D eigenvalue weighted by Gasteiger charge is 2.21. The number of hydrogen-bond donors (Lipinski definition) is 3. The van der Waals surface area contributed by atoms with Crippen molar-refractivity contribution < 1.29 is 19.4 Å². The van der Waals surface area contributed by atoms with E-state index in [9.17, 15) is 9.59 Å². The summed E-state index contributed by atoms with van der Waals surface area (Å²) in [7, 11) is 0. The van der Waals surface area contributed by atoms with Crippen LogP contribution < -0.4 is 20.3 Å². The number of rotatable bonds is 10. The number of amides is 1. The Labute approximate surface area is 233 Å². The minimum atomic E-state index is -0.969. The van der Waals surface area contributed by atoms with Gasteiger partial charge >= 0.3 is 5.97 Å². The van der Waals surface area contributed by atoms with Gasteiger partial charge in [0.05, 0.1) is 24.1 Å². The predicted molar refractivity (Wildman–Crippen MR) is 158 cm³/mol. The van der Waals surface area contributed by atoms with E-state index in [2.05, 4.69) is 37.1 Å². The summed E-state index contributed by atoms with van der Waals surface area (Å²) in [4.78, 5) is 38.5. The minimum Gasteiger partial charge on any atom is -0.493 e. The number of hydrogen-bond acceptors (Lipinski definition) is 6. The SMILES string of the molecule is C=C(N=CN=C(C)Nc1ccccc1)C(=O)Nc1ccc(N2CCC(COc3cccc(C(=O)O)c3)CC2)nc1. The van der Waals surface area contributed by atoms with Crippen molar-refractivity contribution in [3.8, 4) is 5.75 Å². The van der Waals surface area contributed by atoms with Gasteiger partial charge in [0, 0.05) is 18.8 Å². The van der Waals surface area contributed by atoms with Crippen LogP contribution in [0.2, 0.25) is 0 Å². The number of aliphatic imine (C=N–C) groups is 2. The second kappa shape index (κ2) is 13.7. The number of carbonyl (C=O) groups excluding carboxylic acids is 1. The molecule has 2 aromatic carbocycles. The molecule has 0 bridgehead atoms. The fourth-order valence-corrected chi connectivity index (χ4v) is 4.12. The van der Waals surface area contributed by atoms with Crippen LogP contribution in [-0.4, -0.2) is 53.8 Å². The zero-order valence-corrected chi connectivity index (χ0v) is 22.3. The van der Waals surface area contributed by atoms with Crippen LogP contribution in [0.5, 0.6) is 5.75 Å². The third-order valence-electron chi connectivity index (χ3n) is 6.34. The average molecular weight is 541 g/mol. The van der Waals surface area contributed by atoms with Crippen molar-refractivity contribution in [1.82, 2.24) is 4.98 Å². The number of pyridine rings is 1. The number of para-hydroxylation sites is 1. The van der Waals surface area contributed by atoms with E-state index >= 15 is 0 Å². The van der Waals surface area contributed by atoms with Crippen LogP contribution >= 0.6 is 0 Å². The first-order chi connectivity index (χ1) is 19.4. The van der Waals surface area contributed by atoms with Crippen molar-refractivity contribution in [1.29, 1.82) is 0 Å². The van der Waals surface area contributed by atoms with Gasteiger partial charge in [-0.05, 0) is 68.1 Å². The largest absolute Gasteiger partial charge is 0.493 e. The Morgan fingerprint density at radius 1 is 1.07 bits per heavy atom. The quantitative estimate of drug-likeness (QED) is 0.186. The molecule has 1 aliphatic heterocycles. The normalized spacial score (nSPS) is 14.1. The first kappa shape index (κ1) is 28.0. The number of ether oxygens (including phenoxy) is 1. The van der Waals surface area contributed by atoms with Gasteiger partial charge in [-0.25, -0.2) is 19.8 Å². The molecule has 1 saturated heterocycles. The molecule has 1 aliphatic rings. The number of carboxylic acids is 1. The molecule has 0 unspecified atom stereocenters. The summed E-state index contributed by atoms with van der Waals surface area (Å²) in [6.45, 7) is 7.70. The van der Waals surface area contributed by atoms with Gasteiger partial charge in [-0.1, -0.05) is 30.8 Å². The number of carboxylic acid groups (broad SMARTS) is 1. The summed E-state index contributed by atoms with van der Waals surface area (Å²) in [6, 6.07) is 19.8. The van der Waals surface area contributed by atoms with Gasteiger partial charge in [0.15, 0.2) is 0 Å². The second-order valence-electron chi connectivity index (χ2n) is 9.33. The number of piperidine rings is 1. The number of aromatic carboxylic acids is 1. The molecule has 1 amide bonds. The Morgan fingerprint density at radius 2 is 1.85 bits per heavy atom. The molecular weight excluding hydrogens is 508 g/mol. The molecule has 0 radical (unpaired) electrons. The predicted octanol–water partition coefficient (Wildman–Crippen LogP) is 5.09. The highest BCUT2D eigenvalue weighted by Crippen LogP contribution is 2.24. The lowest BCUT2D eigenvalue weighted by atomic mass is 9.98. The number of aromatic nitrogens is 1. The van der Waals surface area contributed by atoms with Crippen molar-refractivity contribution in [3.63, 3.8) is 0 Å². The van der Waals surface area contributed by atoms with E-state index in [1.54, 1.807) is 43.5 Å². The number of nitrogens with zero attached hydrogens (tertiary/aromatic N) is 4. The van der Waals surface area contributed by atoms with Crippen LogP contribution in [-0.2, 0) is 4.79 Å². The van der Waals surface area contributed by atoms with Gasteiger partial charge in [-0.3, -0.25) is 4.79 Å². The van der Waals surface area contributed by atoms with E-state index in [1.165, 1.54) is 6.34 Å². The molecule has 0 saturated carbocycles. The van der Waals surface area contributed by atoms with Gasteiger partial charge < -0.3 is 25.4 Å². The van der Waals surface area contributed by atoms with Gasteiger partial charge in [0.1, 0.15) is 29.4 Å². The van der Waals surface area contributed by atoms with Crippen molar-refractivity contribution in [2.45, 2.75) is 19.8 Å². The third kappa shape index (κ3) is 8.26.